The van der Waals surface area contributed by atoms with Crippen LogP contribution in [0, 0.1) is 0 Å². The molecule has 2 aromatic rings. The van der Waals surface area contributed by atoms with Crippen LogP contribution in [-0.4, -0.2) is 32.8 Å². The van der Waals surface area contributed by atoms with Crippen LogP contribution in [-0.2, 0) is 9.59 Å². The number of carbonyl (C=O) groups excluding carboxylic acids is 2. The molecule has 0 spiro atoms. The van der Waals surface area contributed by atoms with Gasteiger partial charge in [-0.2, -0.15) is 0 Å². The highest BCUT2D eigenvalue weighted by molar-refractivity contribution is 8.26. The predicted molar refractivity (Wildman–Crippen MR) is 108 cm³/mol. The van der Waals surface area contributed by atoms with E-state index in [-0.39, 0.29) is 15.0 Å². The molecule has 1 N–H and O–H groups in total. The summed E-state index contributed by atoms with van der Waals surface area (Å²) in [5, 5.41) is 21.6. The van der Waals surface area contributed by atoms with Gasteiger partial charge in [-0.3, -0.25) is 9.69 Å². The fourth-order valence-corrected chi connectivity index (χ4v) is 4.08. The summed E-state index contributed by atoms with van der Waals surface area (Å²) in [5.74, 6) is -1.64. The van der Waals surface area contributed by atoms with Crippen LogP contribution in [0.25, 0.3) is 6.08 Å². The van der Waals surface area contributed by atoms with Gasteiger partial charge in [-0.25, -0.2) is 0 Å². The summed E-state index contributed by atoms with van der Waals surface area (Å²) in [7, 11) is 0. The van der Waals surface area contributed by atoms with Crippen LogP contribution in [0.1, 0.15) is 24.1 Å². The molecule has 2 aromatic carbocycles. The van der Waals surface area contributed by atoms with Crippen LogP contribution < -0.4 is 9.84 Å². The summed E-state index contributed by atoms with van der Waals surface area (Å²) in [4.78, 5) is 26.0. The van der Waals surface area contributed by atoms with Gasteiger partial charge in [-0.1, -0.05) is 60.4 Å². The van der Waals surface area contributed by atoms with Gasteiger partial charge >= 0.3 is 0 Å². The number of carbonyl (C=O) groups is 2. The Morgan fingerprint density at radius 3 is 2.68 bits per heavy atom. The Labute approximate surface area is 171 Å². The quantitative estimate of drug-likeness (QED) is 0.574. The summed E-state index contributed by atoms with van der Waals surface area (Å²) >= 11 is 6.28. The van der Waals surface area contributed by atoms with Gasteiger partial charge in [-0.15, -0.1) is 0 Å². The van der Waals surface area contributed by atoms with Gasteiger partial charge in [-0.05, 0) is 36.3 Å². The first-order valence-corrected chi connectivity index (χ1v) is 9.63. The Morgan fingerprint density at radius 1 is 1.32 bits per heavy atom. The lowest BCUT2D eigenvalue weighted by atomic mass is 10.1. The average Bonchev–Trinajstić information content (AvgIpc) is 2.93. The summed E-state index contributed by atoms with van der Waals surface area (Å²) in [6.07, 6.45) is 1.58. The minimum Gasteiger partial charge on any atom is -0.547 e. The van der Waals surface area contributed by atoms with Crippen molar-refractivity contribution in [2.45, 2.75) is 13.0 Å². The first kappa shape index (κ1) is 19.9. The van der Waals surface area contributed by atoms with E-state index in [1.807, 2.05) is 0 Å². The third-order valence-corrected chi connectivity index (χ3v) is 5.33. The molecule has 1 fully saturated rings. The standard InChI is InChI=1S/C20H17NO5S2/c1-2-26-15-10-12(8-9-14(15)22)11-16-18(23)21(20(27)28-16)17(19(24)25)13-6-4-3-5-7-13/h3-11,17,22H,2H2,1H3,(H,24,25)/p-1/b16-11+/t17-/m0/s1. The molecule has 1 saturated heterocycles. The number of aromatic hydroxyl groups is 1. The van der Waals surface area contributed by atoms with Crippen molar-refractivity contribution >= 4 is 46.3 Å². The molecule has 0 aromatic heterocycles. The predicted octanol–water partition coefficient (Wildman–Crippen LogP) is 2.48. The number of phenols is 1. The van der Waals surface area contributed by atoms with Crippen molar-refractivity contribution in [3.8, 4) is 11.5 Å². The van der Waals surface area contributed by atoms with E-state index in [0.717, 1.165) is 16.7 Å². The molecule has 1 amide bonds. The number of nitrogens with zero attached hydrogens (tertiary/aromatic N) is 1. The van der Waals surface area contributed by atoms with E-state index in [1.54, 1.807) is 55.5 Å². The number of hydrogen-bond donors (Lipinski definition) is 1. The fraction of sp³-hybridized carbons (Fsp3) is 0.150. The number of hydrogen-bond acceptors (Lipinski definition) is 7. The zero-order valence-electron chi connectivity index (χ0n) is 14.8. The van der Waals surface area contributed by atoms with Crippen molar-refractivity contribution in [3.63, 3.8) is 0 Å². The molecule has 1 aliphatic rings. The van der Waals surface area contributed by atoms with Gasteiger partial charge < -0.3 is 19.7 Å². The number of carboxylic acid groups (broad SMARTS) is 1. The van der Waals surface area contributed by atoms with Gasteiger partial charge in [0, 0.05) is 0 Å². The summed E-state index contributed by atoms with van der Waals surface area (Å²) in [6.45, 7) is 2.17. The zero-order valence-corrected chi connectivity index (χ0v) is 16.5. The molecule has 1 atom stereocenters. The molecule has 0 saturated carbocycles. The van der Waals surface area contributed by atoms with Crippen molar-refractivity contribution in [1.29, 1.82) is 0 Å². The Balaban J connectivity index is 1.94. The second-order valence-corrected chi connectivity index (χ2v) is 7.52. The minimum atomic E-state index is -1.41. The summed E-state index contributed by atoms with van der Waals surface area (Å²) in [5.41, 5.74) is 1.02. The number of amides is 1. The maximum Gasteiger partial charge on any atom is 0.267 e. The molecule has 3 rings (SSSR count). The van der Waals surface area contributed by atoms with E-state index in [0.29, 0.717) is 23.5 Å². The minimum absolute atomic E-state index is 0.00681. The number of aliphatic carboxylic acids is 1. The molecule has 1 heterocycles. The van der Waals surface area contributed by atoms with E-state index in [9.17, 15) is 19.8 Å². The van der Waals surface area contributed by atoms with Crippen LogP contribution in [0.2, 0.25) is 0 Å². The average molecular weight is 414 g/mol. The molecular formula is C20H16NO5S2-. The van der Waals surface area contributed by atoms with E-state index in [4.69, 9.17) is 17.0 Å². The van der Waals surface area contributed by atoms with E-state index >= 15 is 0 Å². The smallest absolute Gasteiger partial charge is 0.267 e. The lowest BCUT2D eigenvalue weighted by Crippen LogP contribution is -2.43. The highest BCUT2D eigenvalue weighted by Gasteiger charge is 2.38. The zero-order chi connectivity index (χ0) is 20.3. The first-order chi connectivity index (χ1) is 13.4. The number of ether oxygens (including phenoxy) is 1. The Morgan fingerprint density at radius 2 is 2.04 bits per heavy atom. The highest BCUT2D eigenvalue weighted by Crippen LogP contribution is 2.38. The van der Waals surface area contributed by atoms with Gasteiger partial charge in [0.25, 0.3) is 5.91 Å². The van der Waals surface area contributed by atoms with Crippen molar-refractivity contribution in [1.82, 2.24) is 4.90 Å². The Bertz CT molecular complexity index is 958. The summed E-state index contributed by atoms with van der Waals surface area (Å²) in [6, 6.07) is 11.7. The maximum atomic E-state index is 12.9. The highest BCUT2D eigenvalue weighted by atomic mass is 32.2. The number of thioether (sulfide) groups is 1. The molecule has 0 bridgehead atoms. The van der Waals surface area contributed by atoms with Crippen molar-refractivity contribution < 1.29 is 24.5 Å². The number of thiocarbonyl (C=S) groups is 1. The second-order valence-electron chi connectivity index (χ2n) is 5.84. The topological polar surface area (TPSA) is 89.9 Å². The SMILES string of the molecule is CCOc1cc(/C=C2/SC(=S)N([C@H](C(=O)[O-])c3ccccc3)C2=O)ccc1O. The van der Waals surface area contributed by atoms with Crippen molar-refractivity contribution in [3.05, 3.63) is 64.6 Å². The third kappa shape index (κ3) is 4.02. The largest absolute Gasteiger partial charge is 0.547 e. The summed E-state index contributed by atoms with van der Waals surface area (Å²) < 4.78 is 5.48. The molecule has 28 heavy (non-hydrogen) atoms. The van der Waals surface area contributed by atoms with E-state index < -0.39 is 17.9 Å². The molecule has 6 nitrogen and oxygen atoms in total. The monoisotopic (exact) mass is 414 g/mol. The second kappa shape index (κ2) is 8.45. The lowest BCUT2D eigenvalue weighted by molar-refractivity contribution is -0.310. The van der Waals surface area contributed by atoms with Crippen LogP contribution in [0.4, 0.5) is 0 Å². The Kier molecular flexibility index (Phi) is 6.01. The maximum absolute atomic E-state index is 12.9. The van der Waals surface area contributed by atoms with Crippen LogP contribution in [0.5, 0.6) is 11.5 Å². The number of phenolic OH excluding ortho intramolecular Hbond substituents is 1. The van der Waals surface area contributed by atoms with Gasteiger partial charge in [0.1, 0.15) is 10.4 Å². The molecule has 0 radical (unpaired) electrons. The van der Waals surface area contributed by atoms with Crippen LogP contribution in [0.3, 0.4) is 0 Å². The molecule has 144 valence electrons. The third-order valence-electron chi connectivity index (χ3n) is 4.00. The van der Waals surface area contributed by atoms with Gasteiger partial charge in [0.15, 0.2) is 11.5 Å². The van der Waals surface area contributed by atoms with Crippen molar-refractivity contribution in [2.24, 2.45) is 0 Å². The van der Waals surface area contributed by atoms with Crippen LogP contribution >= 0.6 is 24.0 Å². The number of benzene rings is 2. The van der Waals surface area contributed by atoms with E-state index in [1.165, 1.54) is 6.07 Å². The molecule has 1 aliphatic heterocycles. The normalized spacial score (nSPS) is 16.5. The molecule has 0 unspecified atom stereocenters. The van der Waals surface area contributed by atoms with Crippen molar-refractivity contribution in [2.75, 3.05) is 6.61 Å². The number of rotatable bonds is 6. The van der Waals surface area contributed by atoms with Gasteiger partial charge in [0.2, 0.25) is 0 Å². The fourth-order valence-electron chi connectivity index (χ4n) is 2.77. The van der Waals surface area contributed by atoms with Crippen LogP contribution in [0.15, 0.2) is 53.4 Å². The molecular weight excluding hydrogens is 398 g/mol. The Hall–Kier alpha value is -2.84. The molecule has 8 heteroatoms. The molecule has 0 aliphatic carbocycles. The number of carboxylic acids is 1. The van der Waals surface area contributed by atoms with E-state index in [2.05, 4.69) is 0 Å². The first-order valence-electron chi connectivity index (χ1n) is 8.41. The lowest BCUT2D eigenvalue weighted by Gasteiger charge is -2.27. The van der Waals surface area contributed by atoms with Gasteiger partial charge in [0.05, 0.1) is 17.5 Å².